The van der Waals surface area contributed by atoms with E-state index in [4.69, 9.17) is 14.6 Å². The van der Waals surface area contributed by atoms with E-state index in [1.54, 1.807) is 0 Å². The molecule has 0 aromatic carbocycles. The van der Waals surface area contributed by atoms with Gasteiger partial charge in [-0.1, -0.05) is 0 Å². The summed E-state index contributed by atoms with van der Waals surface area (Å²) in [4.78, 5) is 19.8. The second-order valence-electron chi connectivity index (χ2n) is 2.82. The summed E-state index contributed by atoms with van der Waals surface area (Å²) in [6, 6.07) is 0. The number of ketones is 1. The Morgan fingerprint density at radius 1 is 1.07 bits per heavy atom. The Bertz CT molecular complexity index is 149. The zero-order valence-electron chi connectivity index (χ0n) is 8.32. The highest BCUT2D eigenvalue weighted by Crippen LogP contribution is 1.88. The van der Waals surface area contributed by atoms with Crippen molar-refractivity contribution < 1.29 is 24.2 Å². The standard InChI is InChI=1S/C5H8O3.C4H8O2/c1-4(6)2-3-5(7)8;1-2-6-4-3-5-1/h2-3H2,1H3,(H,7,8);1-4H2. The third-order valence-corrected chi connectivity index (χ3v) is 1.43. The fraction of sp³-hybridized carbons (Fsp3) is 0.778. The second-order valence-corrected chi connectivity index (χ2v) is 2.82. The minimum atomic E-state index is -0.916. The van der Waals surface area contributed by atoms with E-state index in [0.29, 0.717) is 0 Å². The maximum Gasteiger partial charge on any atom is 0.303 e. The largest absolute Gasteiger partial charge is 0.481 e. The van der Waals surface area contributed by atoms with Crippen molar-refractivity contribution in [1.29, 1.82) is 0 Å². The summed E-state index contributed by atoms with van der Waals surface area (Å²) in [5.74, 6) is -0.993. The number of aliphatic carboxylic acids is 1. The number of carboxylic acids is 1. The number of carbonyl (C=O) groups excluding carboxylic acids is 1. The first-order chi connectivity index (χ1) is 6.63. The number of hydrogen-bond donors (Lipinski definition) is 1. The number of ether oxygens (including phenoxy) is 2. The Hall–Kier alpha value is -0.940. The smallest absolute Gasteiger partial charge is 0.303 e. The molecule has 0 radical (unpaired) electrons. The second kappa shape index (κ2) is 8.65. The molecular weight excluding hydrogens is 188 g/mol. The highest BCUT2D eigenvalue weighted by atomic mass is 16.6. The van der Waals surface area contributed by atoms with Gasteiger partial charge in [-0.3, -0.25) is 4.79 Å². The van der Waals surface area contributed by atoms with E-state index in [-0.39, 0.29) is 18.6 Å². The lowest BCUT2D eigenvalue weighted by atomic mass is 10.2. The Morgan fingerprint density at radius 2 is 1.50 bits per heavy atom. The highest BCUT2D eigenvalue weighted by molar-refractivity contribution is 5.80. The molecule has 0 aromatic rings. The van der Waals surface area contributed by atoms with Crippen LogP contribution in [0, 0.1) is 0 Å². The Kier molecular flexibility index (Phi) is 8.07. The van der Waals surface area contributed by atoms with Crippen molar-refractivity contribution in [3.05, 3.63) is 0 Å². The molecule has 0 spiro atoms. The number of rotatable bonds is 3. The summed E-state index contributed by atoms with van der Waals surface area (Å²) < 4.78 is 9.89. The Labute approximate surface area is 83.0 Å². The van der Waals surface area contributed by atoms with Crippen LogP contribution in [0.4, 0.5) is 0 Å². The van der Waals surface area contributed by atoms with Crippen molar-refractivity contribution in [1.82, 2.24) is 0 Å². The molecule has 82 valence electrons. The van der Waals surface area contributed by atoms with E-state index in [1.165, 1.54) is 6.92 Å². The van der Waals surface area contributed by atoms with Gasteiger partial charge < -0.3 is 19.4 Å². The molecule has 0 bridgehead atoms. The van der Waals surface area contributed by atoms with E-state index < -0.39 is 5.97 Å². The van der Waals surface area contributed by atoms with Gasteiger partial charge in [0.25, 0.3) is 0 Å². The van der Waals surface area contributed by atoms with E-state index in [9.17, 15) is 9.59 Å². The van der Waals surface area contributed by atoms with E-state index in [2.05, 4.69) is 0 Å². The molecule has 0 saturated carbocycles. The molecule has 5 heteroatoms. The van der Waals surface area contributed by atoms with Gasteiger partial charge in [-0.25, -0.2) is 0 Å². The first-order valence-electron chi connectivity index (χ1n) is 4.49. The van der Waals surface area contributed by atoms with Crippen molar-refractivity contribution in [3.8, 4) is 0 Å². The molecule has 1 N–H and O–H groups in total. The number of carboxylic acid groups (broad SMARTS) is 1. The molecule has 0 amide bonds. The SMILES string of the molecule is C1COCCO1.CC(=O)CCC(=O)O. The topological polar surface area (TPSA) is 72.8 Å². The predicted molar refractivity (Wildman–Crippen MR) is 49.2 cm³/mol. The molecule has 1 heterocycles. The quantitative estimate of drug-likeness (QED) is 0.723. The van der Waals surface area contributed by atoms with Gasteiger partial charge in [-0.05, 0) is 6.92 Å². The highest BCUT2D eigenvalue weighted by Gasteiger charge is 1.97. The summed E-state index contributed by atoms with van der Waals surface area (Å²) in [6.07, 6.45) is 0.102. The maximum absolute atomic E-state index is 10.1. The van der Waals surface area contributed by atoms with Gasteiger partial charge >= 0.3 is 5.97 Å². The van der Waals surface area contributed by atoms with Crippen molar-refractivity contribution in [2.75, 3.05) is 26.4 Å². The van der Waals surface area contributed by atoms with Crippen molar-refractivity contribution >= 4 is 11.8 Å². The van der Waals surface area contributed by atoms with Crippen LogP contribution < -0.4 is 0 Å². The zero-order valence-corrected chi connectivity index (χ0v) is 8.32. The molecule has 1 fully saturated rings. The van der Waals surface area contributed by atoms with Gasteiger partial charge in [0, 0.05) is 6.42 Å². The van der Waals surface area contributed by atoms with Crippen LogP contribution in [0.3, 0.4) is 0 Å². The number of carbonyl (C=O) groups is 2. The predicted octanol–water partition coefficient (Wildman–Crippen LogP) is 0.473. The minimum Gasteiger partial charge on any atom is -0.481 e. The average molecular weight is 204 g/mol. The molecule has 1 rings (SSSR count). The fourth-order valence-electron chi connectivity index (χ4n) is 0.723. The first-order valence-corrected chi connectivity index (χ1v) is 4.49. The van der Waals surface area contributed by atoms with Crippen molar-refractivity contribution in [2.45, 2.75) is 19.8 Å². The average Bonchev–Trinajstić information content (AvgIpc) is 2.18. The first kappa shape index (κ1) is 13.1. The van der Waals surface area contributed by atoms with Gasteiger partial charge in [0.05, 0.1) is 32.8 Å². The molecule has 1 saturated heterocycles. The Balaban J connectivity index is 0.000000249. The van der Waals surface area contributed by atoms with E-state index in [1.807, 2.05) is 0 Å². The lowest BCUT2D eigenvalue weighted by Crippen LogP contribution is -2.16. The third-order valence-electron chi connectivity index (χ3n) is 1.43. The van der Waals surface area contributed by atoms with Crippen LogP contribution in [0.25, 0.3) is 0 Å². The van der Waals surface area contributed by atoms with Gasteiger partial charge in [0.2, 0.25) is 0 Å². The monoisotopic (exact) mass is 204 g/mol. The van der Waals surface area contributed by atoms with E-state index >= 15 is 0 Å². The lowest BCUT2D eigenvalue weighted by Gasteiger charge is -2.09. The summed E-state index contributed by atoms with van der Waals surface area (Å²) in [7, 11) is 0. The lowest BCUT2D eigenvalue weighted by molar-refractivity contribution is -0.138. The van der Waals surface area contributed by atoms with Crippen LogP contribution in [0.15, 0.2) is 0 Å². The number of Topliss-reactive ketones (excluding diaryl/α,β-unsaturated/α-hetero) is 1. The summed E-state index contributed by atoms with van der Waals surface area (Å²) in [5, 5.41) is 8.01. The molecule has 1 aliphatic rings. The van der Waals surface area contributed by atoms with Crippen LogP contribution >= 0.6 is 0 Å². The number of hydrogen-bond acceptors (Lipinski definition) is 4. The molecule has 14 heavy (non-hydrogen) atoms. The van der Waals surface area contributed by atoms with Crippen molar-refractivity contribution in [3.63, 3.8) is 0 Å². The summed E-state index contributed by atoms with van der Waals surface area (Å²) in [6.45, 7) is 4.49. The van der Waals surface area contributed by atoms with Gasteiger partial charge in [-0.15, -0.1) is 0 Å². The maximum atomic E-state index is 10.1. The van der Waals surface area contributed by atoms with Crippen LogP contribution in [0.1, 0.15) is 19.8 Å². The zero-order chi connectivity index (χ0) is 10.8. The molecular formula is C9H16O5. The van der Waals surface area contributed by atoms with Crippen LogP contribution in [-0.2, 0) is 19.1 Å². The molecule has 0 atom stereocenters. The minimum absolute atomic E-state index is 0.0463. The van der Waals surface area contributed by atoms with Crippen LogP contribution in [0.5, 0.6) is 0 Å². The molecule has 5 nitrogen and oxygen atoms in total. The molecule has 1 aliphatic heterocycles. The normalized spacial score (nSPS) is 15.2. The van der Waals surface area contributed by atoms with Crippen LogP contribution in [0.2, 0.25) is 0 Å². The third kappa shape index (κ3) is 11.1. The molecule has 0 aliphatic carbocycles. The van der Waals surface area contributed by atoms with Gasteiger partial charge in [-0.2, -0.15) is 0 Å². The molecule has 0 unspecified atom stereocenters. The Morgan fingerprint density at radius 3 is 1.64 bits per heavy atom. The van der Waals surface area contributed by atoms with Gasteiger partial charge in [0.15, 0.2) is 0 Å². The summed E-state index contributed by atoms with van der Waals surface area (Å²) >= 11 is 0. The van der Waals surface area contributed by atoms with Crippen LogP contribution in [-0.4, -0.2) is 43.3 Å². The van der Waals surface area contributed by atoms with E-state index in [0.717, 1.165) is 26.4 Å². The fourth-order valence-corrected chi connectivity index (χ4v) is 0.723. The summed E-state index contributed by atoms with van der Waals surface area (Å²) in [5.41, 5.74) is 0. The molecule has 0 aromatic heterocycles. The van der Waals surface area contributed by atoms with Crippen molar-refractivity contribution in [2.24, 2.45) is 0 Å². The van der Waals surface area contributed by atoms with Gasteiger partial charge in [0.1, 0.15) is 5.78 Å².